The van der Waals surface area contributed by atoms with Crippen LogP contribution in [0.15, 0.2) is 58.5 Å². The van der Waals surface area contributed by atoms with Crippen LogP contribution in [0.5, 0.6) is 0 Å². The molecule has 1 atom stereocenters. The lowest BCUT2D eigenvalue weighted by Gasteiger charge is -2.25. The Labute approximate surface area is 178 Å². The quantitative estimate of drug-likeness (QED) is 0.790. The predicted octanol–water partition coefficient (Wildman–Crippen LogP) is 4.33. The van der Waals surface area contributed by atoms with Gasteiger partial charge in [0.15, 0.2) is 5.17 Å². The van der Waals surface area contributed by atoms with Crippen LogP contribution in [0.2, 0.25) is 5.02 Å². The Hall–Kier alpha value is -2.64. The van der Waals surface area contributed by atoms with E-state index in [1.54, 1.807) is 29.2 Å². The van der Waals surface area contributed by atoms with Gasteiger partial charge in [0.25, 0.3) is 5.91 Å². The average molecular weight is 427 g/mol. The summed E-state index contributed by atoms with van der Waals surface area (Å²) in [6.45, 7) is 3.95. The van der Waals surface area contributed by atoms with Crippen molar-refractivity contribution in [2.45, 2.75) is 19.9 Å². The van der Waals surface area contributed by atoms with E-state index >= 15 is 0 Å². The summed E-state index contributed by atoms with van der Waals surface area (Å²) < 4.78 is 0. The standard InChI is InChI=1S/C21H19ClN4O2S/c1-12(2)18-20(28)26-19(25-18)15-5-3-4-6-16(15)24-21(26)29-11-17(27)23-14-9-7-13(22)8-10-14/h3-10,12,18H,11H2,1-2H3,(H,23,27)/t18-/m1/s1. The summed E-state index contributed by atoms with van der Waals surface area (Å²) in [5, 5.41) is 3.90. The Balaban J connectivity index is 1.54. The molecule has 0 bridgehead atoms. The number of aliphatic imine (C=N–C) groups is 2. The van der Waals surface area contributed by atoms with Gasteiger partial charge in [0.05, 0.1) is 11.4 Å². The van der Waals surface area contributed by atoms with Crippen molar-refractivity contribution in [3.63, 3.8) is 0 Å². The fourth-order valence-electron chi connectivity index (χ4n) is 3.16. The van der Waals surface area contributed by atoms with Crippen LogP contribution in [0.4, 0.5) is 11.4 Å². The SMILES string of the molecule is CC(C)[C@H]1N=C2c3ccccc3N=C(SCC(=O)Nc3ccc(Cl)cc3)N2C1=O. The lowest BCUT2D eigenvalue weighted by Crippen LogP contribution is -2.42. The Morgan fingerprint density at radius 3 is 2.66 bits per heavy atom. The highest BCUT2D eigenvalue weighted by molar-refractivity contribution is 8.14. The maximum atomic E-state index is 13.0. The lowest BCUT2D eigenvalue weighted by atomic mass is 10.1. The predicted molar refractivity (Wildman–Crippen MR) is 118 cm³/mol. The van der Waals surface area contributed by atoms with E-state index in [-0.39, 0.29) is 23.5 Å². The molecule has 2 aliphatic heterocycles. The Bertz CT molecular complexity index is 1030. The molecule has 0 aliphatic carbocycles. The molecule has 2 aliphatic rings. The Kier molecular flexibility index (Phi) is 5.43. The zero-order valence-electron chi connectivity index (χ0n) is 15.9. The number of carbonyl (C=O) groups excluding carboxylic acids is 2. The van der Waals surface area contributed by atoms with Gasteiger partial charge in [0.1, 0.15) is 11.9 Å². The van der Waals surface area contributed by atoms with Crippen molar-refractivity contribution in [2.24, 2.45) is 15.9 Å². The fraction of sp³-hybridized carbons (Fsp3) is 0.238. The van der Waals surface area contributed by atoms with E-state index < -0.39 is 6.04 Å². The maximum absolute atomic E-state index is 13.0. The van der Waals surface area contributed by atoms with Crippen molar-refractivity contribution >= 4 is 57.6 Å². The first-order valence-corrected chi connectivity index (χ1v) is 10.6. The van der Waals surface area contributed by atoms with Crippen LogP contribution in [0.3, 0.4) is 0 Å². The fourth-order valence-corrected chi connectivity index (χ4v) is 4.09. The highest BCUT2D eigenvalue weighted by Gasteiger charge is 2.42. The number of thioether (sulfide) groups is 1. The van der Waals surface area contributed by atoms with Crippen LogP contribution < -0.4 is 5.32 Å². The number of nitrogens with zero attached hydrogens (tertiary/aromatic N) is 3. The molecule has 2 aromatic rings. The van der Waals surface area contributed by atoms with Gasteiger partial charge in [0.2, 0.25) is 5.91 Å². The molecular weight excluding hydrogens is 408 g/mol. The molecule has 0 radical (unpaired) electrons. The molecule has 148 valence electrons. The van der Waals surface area contributed by atoms with Gasteiger partial charge in [-0.3, -0.25) is 14.6 Å². The molecule has 1 N–H and O–H groups in total. The van der Waals surface area contributed by atoms with Gasteiger partial charge in [-0.1, -0.05) is 49.3 Å². The van der Waals surface area contributed by atoms with E-state index in [2.05, 4.69) is 15.3 Å². The van der Waals surface area contributed by atoms with Crippen LogP contribution >= 0.6 is 23.4 Å². The average Bonchev–Trinajstić information content (AvgIpc) is 3.06. The number of benzene rings is 2. The van der Waals surface area contributed by atoms with Gasteiger partial charge in [-0.2, -0.15) is 0 Å². The van der Waals surface area contributed by atoms with Crippen molar-refractivity contribution < 1.29 is 9.59 Å². The molecule has 0 aromatic heterocycles. The highest BCUT2D eigenvalue weighted by Crippen LogP contribution is 2.34. The van der Waals surface area contributed by atoms with Crippen molar-refractivity contribution in [1.29, 1.82) is 0 Å². The number of rotatable bonds is 4. The van der Waals surface area contributed by atoms with Crippen molar-refractivity contribution in [3.8, 4) is 0 Å². The number of hydrogen-bond acceptors (Lipinski definition) is 5. The Morgan fingerprint density at radius 1 is 1.21 bits per heavy atom. The second-order valence-electron chi connectivity index (χ2n) is 7.07. The molecule has 2 aromatic carbocycles. The number of para-hydroxylation sites is 1. The number of fused-ring (bicyclic) bond motifs is 3. The number of halogens is 1. The lowest BCUT2D eigenvalue weighted by molar-refractivity contribution is -0.125. The maximum Gasteiger partial charge on any atom is 0.259 e. The van der Waals surface area contributed by atoms with E-state index in [1.165, 1.54) is 11.8 Å². The molecule has 0 unspecified atom stereocenters. The number of nitrogens with one attached hydrogen (secondary N) is 1. The van der Waals surface area contributed by atoms with E-state index in [4.69, 9.17) is 11.6 Å². The molecule has 0 spiro atoms. The second-order valence-corrected chi connectivity index (χ2v) is 8.45. The zero-order chi connectivity index (χ0) is 20.5. The summed E-state index contributed by atoms with van der Waals surface area (Å²) >= 11 is 7.09. The summed E-state index contributed by atoms with van der Waals surface area (Å²) in [6.07, 6.45) is 0. The van der Waals surface area contributed by atoms with E-state index in [9.17, 15) is 9.59 Å². The minimum Gasteiger partial charge on any atom is -0.325 e. The van der Waals surface area contributed by atoms with Crippen LogP contribution in [0.1, 0.15) is 19.4 Å². The monoisotopic (exact) mass is 426 g/mol. The topological polar surface area (TPSA) is 74.1 Å². The third-order valence-electron chi connectivity index (χ3n) is 4.59. The minimum absolute atomic E-state index is 0.0761. The number of carbonyl (C=O) groups is 2. The second kappa shape index (κ2) is 8.00. The first-order chi connectivity index (χ1) is 13.9. The van der Waals surface area contributed by atoms with Crippen LogP contribution in [-0.2, 0) is 9.59 Å². The summed E-state index contributed by atoms with van der Waals surface area (Å²) in [6, 6.07) is 14.1. The van der Waals surface area contributed by atoms with Crippen molar-refractivity contribution in [1.82, 2.24) is 4.90 Å². The zero-order valence-corrected chi connectivity index (χ0v) is 17.5. The van der Waals surface area contributed by atoms with Crippen LogP contribution in [0.25, 0.3) is 0 Å². The molecule has 8 heteroatoms. The van der Waals surface area contributed by atoms with Gasteiger partial charge >= 0.3 is 0 Å². The number of hydrogen-bond donors (Lipinski definition) is 1. The summed E-state index contributed by atoms with van der Waals surface area (Å²) in [4.78, 5) is 36.2. The Morgan fingerprint density at radius 2 is 1.93 bits per heavy atom. The summed E-state index contributed by atoms with van der Waals surface area (Å²) in [5.41, 5.74) is 2.24. The number of anilines is 1. The smallest absolute Gasteiger partial charge is 0.259 e. The van der Waals surface area contributed by atoms with Crippen molar-refractivity contribution in [2.75, 3.05) is 11.1 Å². The first-order valence-electron chi connectivity index (χ1n) is 9.22. The molecule has 2 amide bonds. The molecule has 29 heavy (non-hydrogen) atoms. The van der Waals surface area contributed by atoms with Gasteiger partial charge in [-0.15, -0.1) is 0 Å². The molecule has 6 nitrogen and oxygen atoms in total. The summed E-state index contributed by atoms with van der Waals surface area (Å²) in [5.74, 6) is 0.512. The summed E-state index contributed by atoms with van der Waals surface area (Å²) in [7, 11) is 0. The van der Waals surface area contributed by atoms with E-state index in [0.717, 1.165) is 11.3 Å². The normalized spacial score (nSPS) is 17.6. The van der Waals surface area contributed by atoms with Crippen LogP contribution in [0, 0.1) is 5.92 Å². The van der Waals surface area contributed by atoms with Crippen molar-refractivity contribution in [3.05, 3.63) is 59.1 Å². The molecular formula is C21H19ClN4O2S. The number of amidine groups is 2. The van der Waals surface area contributed by atoms with Gasteiger partial charge in [-0.25, -0.2) is 9.89 Å². The highest BCUT2D eigenvalue weighted by atomic mass is 35.5. The van der Waals surface area contributed by atoms with E-state index in [1.807, 2.05) is 38.1 Å². The minimum atomic E-state index is -0.440. The van der Waals surface area contributed by atoms with E-state index in [0.29, 0.717) is 21.7 Å². The molecule has 2 heterocycles. The third kappa shape index (κ3) is 3.93. The van der Waals surface area contributed by atoms with Gasteiger partial charge < -0.3 is 5.32 Å². The first kappa shape index (κ1) is 19.7. The van der Waals surface area contributed by atoms with Crippen LogP contribution in [-0.4, -0.2) is 39.5 Å². The van der Waals surface area contributed by atoms with Gasteiger partial charge in [0, 0.05) is 16.3 Å². The largest absolute Gasteiger partial charge is 0.325 e. The third-order valence-corrected chi connectivity index (χ3v) is 5.78. The molecule has 4 rings (SSSR count). The number of amides is 2. The molecule has 0 saturated heterocycles. The molecule has 0 fully saturated rings. The molecule has 0 saturated carbocycles. The van der Waals surface area contributed by atoms with Gasteiger partial charge in [-0.05, 0) is 42.3 Å².